The van der Waals surface area contributed by atoms with Gasteiger partial charge in [0.1, 0.15) is 0 Å². The van der Waals surface area contributed by atoms with E-state index < -0.39 is 8.07 Å². The van der Waals surface area contributed by atoms with E-state index in [1.54, 1.807) is 0 Å². The Bertz CT molecular complexity index is 4570. The molecule has 2 aromatic heterocycles. The summed E-state index contributed by atoms with van der Waals surface area (Å²) in [5.41, 5.74) is 18.1. The van der Waals surface area contributed by atoms with E-state index >= 15 is 0 Å². The monoisotopic (exact) mass is 1090 g/mol. The van der Waals surface area contributed by atoms with Crippen molar-refractivity contribution in [1.82, 2.24) is 0 Å². The summed E-state index contributed by atoms with van der Waals surface area (Å²) in [7, 11) is -3.04. The van der Waals surface area contributed by atoms with Gasteiger partial charge in [0.25, 0.3) is 6.71 Å². The predicted octanol–water partition coefficient (Wildman–Crippen LogP) is 15.6. The van der Waals surface area contributed by atoms with Crippen LogP contribution < -0.4 is 51.8 Å². The quantitative estimate of drug-likeness (QED) is 0.154. The van der Waals surface area contributed by atoms with Crippen LogP contribution in [0.5, 0.6) is 0 Å². The maximum atomic E-state index is 2.83. The fourth-order valence-electron chi connectivity index (χ4n) is 16.4. The van der Waals surface area contributed by atoms with Gasteiger partial charge in [0, 0.05) is 91.3 Å². The zero-order valence-electron chi connectivity index (χ0n) is 45.2. The van der Waals surface area contributed by atoms with E-state index in [4.69, 9.17) is 0 Å². The van der Waals surface area contributed by atoms with Crippen molar-refractivity contribution in [2.45, 2.75) is 50.5 Å². The Morgan fingerprint density at radius 2 is 0.889 bits per heavy atom. The first-order valence-electron chi connectivity index (χ1n) is 28.9. The molecule has 6 heterocycles. The average Bonchev–Trinajstić information content (AvgIpc) is 4.07. The first-order valence-corrected chi connectivity index (χ1v) is 32.5. The lowest BCUT2D eigenvalue weighted by Gasteiger charge is -2.53. The molecule has 384 valence electrons. The van der Waals surface area contributed by atoms with Crippen molar-refractivity contribution in [2.24, 2.45) is 0 Å². The van der Waals surface area contributed by atoms with Gasteiger partial charge in [-0.2, -0.15) is 0 Å². The summed E-state index contributed by atoms with van der Waals surface area (Å²) >= 11 is 3.82. The molecule has 18 rings (SSSR count). The van der Waals surface area contributed by atoms with Gasteiger partial charge in [0.2, 0.25) is 0 Å². The SMILES string of the molecule is CC12CCCCC1(C)N(c1cc3c4c(c1)N(c1ccc5c(c1)sc1ccccc15)c1cccc5c1B4c1c(cccc1[Si]5(c1ccccc1)c1ccccc1)N3c1ccc3c(c1)sc1ccccc13)c1ccc(-c3ccccc3)cc12. The highest BCUT2D eigenvalue weighted by Crippen LogP contribution is 2.62. The molecule has 2 unspecified atom stereocenters. The number of hydrogen-bond acceptors (Lipinski definition) is 5. The van der Waals surface area contributed by atoms with Gasteiger partial charge in [-0.3, -0.25) is 0 Å². The van der Waals surface area contributed by atoms with Crippen LogP contribution in [0.25, 0.3) is 51.5 Å². The van der Waals surface area contributed by atoms with Crippen LogP contribution in [0.1, 0.15) is 45.1 Å². The van der Waals surface area contributed by atoms with Crippen molar-refractivity contribution in [3.8, 4) is 11.1 Å². The Kier molecular flexibility index (Phi) is 9.61. The third-order valence-corrected chi connectivity index (χ3v) is 27.2. The number of anilines is 8. The molecule has 0 amide bonds. The molecule has 2 atom stereocenters. The average molecular weight is 1090 g/mol. The molecule has 4 aliphatic heterocycles. The van der Waals surface area contributed by atoms with Crippen LogP contribution in [-0.2, 0) is 5.41 Å². The second-order valence-electron chi connectivity index (χ2n) is 23.8. The lowest BCUT2D eigenvalue weighted by Crippen LogP contribution is -2.88. The van der Waals surface area contributed by atoms with Crippen molar-refractivity contribution in [3.63, 3.8) is 0 Å². The number of nitrogens with zero attached hydrogens (tertiary/aromatic N) is 3. The third-order valence-electron chi connectivity index (χ3n) is 20.0. The fourth-order valence-corrected chi connectivity index (χ4v) is 24.0. The molecule has 81 heavy (non-hydrogen) atoms. The lowest BCUT2D eigenvalue weighted by atomic mass is 9.33. The predicted molar refractivity (Wildman–Crippen MR) is 352 cm³/mol. The minimum atomic E-state index is -3.04. The molecule has 0 N–H and O–H groups in total. The highest BCUT2D eigenvalue weighted by atomic mass is 32.1. The molecule has 7 heteroatoms. The Morgan fingerprint density at radius 1 is 0.383 bits per heavy atom. The minimum absolute atomic E-state index is 0.0158. The molecule has 0 spiro atoms. The molecule has 0 saturated heterocycles. The second kappa shape index (κ2) is 16.8. The zero-order chi connectivity index (χ0) is 53.3. The Hall–Kier alpha value is -8.46. The first kappa shape index (κ1) is 46.3. The van der Waals surface area contributed by atoms with Crippen LogP contribution in [-0.4, -0.2) is 20.3 Å². The van der Waals surface area contributed by atoms with Crippen molar-refractivity contribution in [3.05, 3.63) is 248 Å². The van der Waals surface area contributed by atoms with E-state index in [-0.39, 0.29) is 17.7 Å². The summed E-state index contributed by atoms with van der Waals surface area (Å²) in [5, 5.41) is 11.1. The van der Waals surface area contributed by atoms with Crippen LogP contribution in [0.15, 0.2) is 243 Å². The molecule has 1 fully saturated rings. The van der Waals surface area contributed by atoms with Gasteiger partial charge in [0.15, 0.2) is 8.07 Å². The third kappa shape index (κ3) is 6.08. The van der Waals surface area contributed by atoms with Crippen molar-refractivity contribution >= 4 is 160 Å². The number of fused-ring (bicyclic) bond motifs is 9. The largest absolute Gasteiger partial charge is 0.334 e. The number of benzene rings is 11. The molecule has 1 saturated carbocycles. The Labute approximate surface area is 481 Å². The molecule has 3 nitrogen and oxygen atoms in total. The van der Waals surface area contributed by atoms with Gasteiger partial charge < -0.3 is 14.7 Å². The van der Waals surface area contributed by atoms with Crippen LogP contribution in [0.4, 0.5) is 45.5 Å². The normalized spacial score (nSPS) is 18.9. The van der Waals surface area contributed by atoms with Crippen LogP contribution in [0, 0.1) is 0 Å². The van der Waals surface area contributed by atoms with Gasteiger partial charge in [0.05, 0.1) is 5.54 Å². The number of rotatable bonds is 6. The molecule has 1 aliphatic carbocycles. The van der Waals surface area contributed by atoms with Gasteiger partial charge in [-0.25, -0.2) is 0 Å². The number of thiophene rings is 2. The molecular formula is C74H54BN3S2Si. The summed E-state index contributed by atoms with van der Waals surface area (Å²) < 4.78 is 5.26. The van der Waals surface area contributed by atoms with Crippen LogP contribution in [0.3, 0.4) is 0 Å². The fraction of sp³-hybridized carbons (Fsp3) is 0.108. The Balaban J connectivity index is 0.983. The highest BCUT2D eigenvalue weighted by Gasteiger charge is 2.60. The molecule has 13 aromatic rings. The maximum Gasteiger partial charge on any atom is 0.251 e. The summed E-state index contributed by atoms with van der Waals surface area (Å²) in [6.45, 7) is 5.17. The lowest BCUT2D eigenvalue weighted by molar-refractivity contribution is 0.195. The summed E-state index contributed by atoms with van der Waals surface area (Å²) in [6.07, 6.45) is 4.68. The van der Waals surface area contributed by atoms with Crippen molar-refractivity contribution < 1.29 is 0 Å². The zero-order valence-corrected chi connectivity index (χ0v) is 47.8. The molecule has 5 aliphatic rings. The smallest absolute Gasteiger partial charge is 0.251 e. The molecule has 0 radical (unpaired) electrons. The van der Waals surface area contributed by atoms with E-state index in [1.165, 1.54) is 153 Å². The standard InChI is InChI=1S/C74H54BN3S2Si/c1-73-40-16-17-41-74(73,2)78(59-39-34-48(42-58(59)73)47-20-6-3-7-21-47)51-43-62-70-63(44-51)77(50-36-38-57-55-27-13-15-31-65(55)80-67(57)46-50)61-29-19-33-69-72(61)75(70)71-60(76(62)49-35-37-56-54-26-12-14-30-64(54)79-66(56)45-49)28-18-32-68(71)81(69,52-22-8-4-9-23-52)53-24-10-5-11-25-53/h3-15,18-39,42-46H,16-17,40-41H2,1-2H3. The van der Waals surface area contributed by atoms with Gasteiger partial charge in [-0.05, 0) is 146 Å². The minimum Gasteiger partial charge on any atom is -0.334 e. The van der Waals surface area contributed by atoms with E-state index in [0.717, 1.165) is 12.8 Å². The highest BCUT2D eigenvalue weighted by molar-refractivity contribution is 7.28. The summed E-state index contributed by atoms with van der Waals surface area (Å²) in [5.74, 6) is 0. The van der Waals surface area contributed by atoms with Crippen LogP contribution >= 0.6 is 22.7 Å². The van der Waals surface area contributed by atoms with Crippen molar-refractivity contribution in [1.29, 1.82) is 0 Å². The molecule has 11 aromatic carbocycles. The Morgan fingerprint density at radius 3 is 1.46 bits per heavy atom. The molecule has 0 bridgehead atoms. The number of hydrogen-bond donors (Lipinski definition) is 0. The van der Waals surface area contributed by atoms with Gasteiger partial charge >= 0.3 is 0 Å². The van der Waals surface area contributed by atoms with Gasteiger partial charge in [-0.15, -0.1) is 22.7 Å². The van der Waals surface area contributed by atoms with Crippen LogP contribution in [0.2, 0.25) is 0 Å². The second-order valence-corrected chi connectivity index (χ2v) is 29.7. The summed E-state index contributed by atoms with van der Waals surface area (Å²) in [4.78, 5) is 8.25. The van der Waals surface area contributed by atoms with E-state index in [2.05, 4.69) is 271 Å². The summed E-state index contributed by atoms with van der Waals surface area (Å²) in [6, 6.07) is 94.3. The van der Waals surface area contributed by atoms with E-state index in [1.807, 2.05) is 22.7 Å². The first-order chi connectivity index (χ1) is 39.9. The van der Waals surface area contributed by atoms with E-state index in [9.17, 15) is 0 Å². The maximum absolute atomic E-state index is 3.04. The molecular weight excluding hydrogens is 1030 g/mol. The topological polar surface area (TPSA) is 9.72 Å². The van der Waals surface area contributed by atoms with Crippen molar-refractivity contribution in [2.75, 3.05) is 14.7 Å². The van der Waals surface area contributed by atoms with E-state index in [0.29, 0.717) is 0 Å². The van der Waals surface area contributed by atoms with Gasteiger partial charge in [-0.1, -0.05) is 190 Å².